The number of carbonyl (C=O) groups is 3. The number of ether oxygens (including phenoxy) is 2. The van der Waals surface area contributed by atoms with Gasteiger partial charge in [0.1, 0.15) is 6.04 Å². The average Bonchev–Trinajstić information content (AvgIpc) is 3.61. The van der Waals surface area contributed by atoms with Crippen LogP contribution < -0.4 is 0 Å². The van der Waals surface area contributed by atoms with Crippen molar-refractivity contribution in [3.8, 4) is 0 Å². The summed E-state index contributed by atoms with van der Waals surface area (Å²) in [6.07, 6.45) is 8.14. The van der Waals surface area contributed by atoms with E-state index in [1.165, 1.54) is 0 Å². The molecule has 0 radical (unpaired) electrons. The maximum Gasteiger partial charge on any atom is 0.310 e. The minimum atomic E-state index is -0.735. The molecule has 0 aliphatic carbocycles. The molecule has 4 aliphatic rings. The van der Waals surface area contributed by atoms with Crippen LogP contribution in [0.15, 0.2) is 25.3 Å². The number of amides is 2. The molecule has 4 heterocycles. The number of thioether (sulfide) groups is 1. The summed E-state index contributed by atoms with van der Waals surface area (Å²) in [6.45, 7) is 16.5. The Labute approximate surface area is 249 Å². The van der Waals surface area contributed by atoms with Gasteiger partial charge in [0.05, 0.1) is 49.1 Å². The van der Waals surface area contributed by atoms with E-state index >= 15 is 0 Å². The fourth-order valence-corrected chi connectivity index (χ4v) is 9.41. The number of nitrogens with zero attached hydrogens (tertiary/aromatic N) is 3. The van der Waals surface area contributed by atoms with Crippen LogP contribution in [0.2, 0.25) is 0 Å². The minimum absolute atomic E-state index is 0.0408. The molecule has 2 amide bonds. The summed E-state index contributed by atoms with van der Waals surface area (Å²) in [5.41, 5.74) is 0. The normalized spacial score (nSPS) is 30.0. The van der Waals surface area contributed by atoms with Crippen LogP contribution in [0.1, 0.15) is 52.4 Å². The molecule has 4 aliphatic heterocycles. The lowest BCUT2D eigenvalue weighted by Crippen LogP contribution is -2.58. The number of carbonyl (C=O) groups excluding carboxylic acids is 3. The summed E-state index contributed by atoms with van der Waals surface area (Å²) in [6, 6.07) is -1.22. The average molecular weight is 592 g/mol. The van der Waals surface area contributed by atoms with E-state index in [0.717, 1.165) is 38.8 Å². The fourth-order valence-electron chi connectivity index (χ4n) is 7.22. The third kappa shape index (κ3) is 6.71. The maximum atomic E-state index is 14.6. The molecule has 1 spiro atoms. The number of hydrogen-bond acceptors (Lipinski definition) is 8. The van der Waals surface area contributed by atoms with E-state index in [0.29, 0.717) is 52.3 Å². The predicted molar refractivity (Wildman–Crippen MR) is 160 cm³/mol. The van der Waals surface area contributed by atoms with Gasteiger partial charge in [-0.05, 0) is 44.4 Å². The van der Waals surface area contributed by atoms with Crippen LogP contribution >= 0.6 is 11.8 Å². The maximum absolute atomic E-state index is 14.6. The number of unbranched alkanes of at least 4 members (excludes halogenated alkanes) is 2. The zero-order chi connectivity index (χ0) is 29.6. The molecule has 0 aromatic carbocycles. The SMILES string of the molecule is C=CCCCCOC(=O)[C@@H]1[C@@H]2CCC3(S2)C(C(=O)N(CC=C)CCN2CCOCC2)N([C@@H](CO)CC(C)C)C(=O)[C@H]13. The highest BCUT2D eigenvalue weighted by atomic mass is 32.2. The first-order chi connectivity index (χ1) is 19.8. The lowest BCUT2D eigenvalue weighted by molar-refractivity contribution is -0.154. The van der Waals surface area contributed by atoms with Crippen LogP contribution in [-0.2, 0) is 23.9 Å². The molecule has 230 valence electrons. The van der Waals surface area contributed by atoms with Gasteiger partial charge >= 0.3 is 5.97 Å². The topological polar surface area (TPSA) is 99.6 Å². The summed E-state index contributed by atoms with van der Waals surface area (Å²) in [4.78, 5) is 48.2. The molecule has 6 atom stereocenters. The lowest BCUT2D eigenvalue weighted by Gasteiger charge is -2.40. The molecule has 4 saturated heterocycles. The molecule has 2 unspecified atom stereocenters. The zero-order valence-electron chi connectivity index (χ0n) is 24.9. The summed E-state index contributed by atoms with van der Waals surface area (Å²) in [7, 11) is 0. The number of esters is 1. The highest BCUT2D eigenvalue weighted by molar-refractivity contribution is 8.02. The lowest BCUT2D eigenvalue weighted by atomic mass is 9.71. The Bertz CT molecular complexity index is 956. The van der Waals surface area contributed by atoms with Gasteiger partial charge in [-0.15, -0.1) is 24.9 Å². The summed E-state index contributed by atoms with van der Waals surface area (Å²) >= 11 is 1.65. The van der Waals surface area contributed by atoms with Crippen LogP contribution in [-0.4, -0.2) is 119 Å². The molecule has 2 bridgehead atoms. The van der Waals surface area contributed by atoms with Crippen molar-refractivity contribution in [1.29, 1.82) is 0 Å². The third-order valence-electron chi connectivity index (χ3n) is 9.09. The van der Waals surface area contributed by atoms with Crippen molar-refractivity contribution in [2.24, 2.45) is 17.8 Å². The molecule has 41 heavy (non-hydrogen) atoms. The van der Waals surface area contributed by atoms with Crippen molar-refractivity contribution < 1.29 is 29.0 Å². The van der Waals surface area contributed by atoms with Gasteiger partial charge in [-0.25, -0.2) is 0 Å². The molecule has 1 N–H and O–H groups in total. The van der Waals surface area contributed by atoms with Gasteiger partial charge in [0.2, 0.25) is 11.8 Å². The van der Waals surface area contributed by atoms with E-state index in [9.17, 15) is 19.5 Å². The summed E-state index contributed by atoms with van der Waals surface area (Å²) in [5, 5.41) is 10.5. The molecule has 4 rings (SSSR count). The molecule has 9 nitrogen and oxygen atoms in total. The first-order valence-electron chi connectivity index (χ1n) is 15.4. The second-order valence-corrected chi connectivity index (χ2v) is 13.8. The van der Waals surface area contributed by atoms with Crippen molar-refractivity contribution in [3.63, 3.8) is 0 Å². The number of aliphatic hydroxyl groups excluding tert-OH is 1. The van der Waals surface area contributed by atoms with Crippen molar-refractivity contribution in [1.82, 2.24) is 14.7 Å². The third-order valence-corrected chi connectivity index (χ3v) is 11.0. The Morgan fingerprint density at radius 2 is 2.00 bits per heavy atom. The van der Waals surface area contributed by atoms with Crippen LogP contribution in [0.4, 0.5) is 0 Å². The van der Waals surface area contributed by atoms with E-state index in [4.69, 9.17) is 9.47 Å². The van der Waals surface area contributed by atoms with Crippen LogP contribution in [0.5, 0.6) is 0 Å². The van der Waals surface area contributed by atoms with Gasteiger partial charge in [-0.1, -0.05) is 26.0 Å². The standard InChI is InChI=1S/C31H49N3O6S/c1-5-7-8-9-17-40-30(38)25-24-10-11-31(41-24)26(25)28(36)34(23(21-35)20-22(3)4)27(31)29(37)33(12-6-2)14-13-32-15-18-39-19-16-32/h5-6,22-27,35H,1-2,7-21H2,3-4H3/t23-,24+,25-,26+,27?,31?/m1/s1. The van der Waals surface area contributed by atoms with Gasteiger partial charge in [-0.2, -0.15) is 0 Å². The molecule has 0 saturated carbocycles. The van der Waals surface area contributed by atoms with Crippen LogP contribution in [0, 0.1) is 17.8 Å². The summed E-state index contributed by atoms with van der Waals surface area (Å²) < 4.78 is 10.5. The summed E-state index contributed by atoms with van der Waals surface area (Å²) in [5.74, 6) is -1.58. The number of allylic oxidation sites excluding steroid dienone is 1. The highest BCUT2D eigenvalue weighted by Crippen LogP contribution is 2.67. The van der Waals surface area contributed by atoms with Gasteiger partial charge in [0.15, 0.2) is 0 Å². The molecule has 10 heteroatoms. The Hall–Kier alpha value is -1.88. The van der Waals surface area contributed by atoms with E-state index < -0.39 is 28.7 Å². The van der Waals surface area contributed by atoms with Crippen molar-refractivity contribution in [3.05, 3.63) is 25.3 Å². The van der Waals surface area contributed by atoms with Crippen molar-refractivity contribution >= 4 is 29.5 Å². The second-order valence-electron chi connectivity index (χ2n) is 12.2. The van der Waals surface area contributed by atoms with Gasteiger partial charge < -0.3 is 24.4 Å². The monoisotopic (exact) mass is 591 g/mol. The van der Waals surface area contributed by atoms with Crippen LogP contribution in [0.25, 0.3) is 0 Å². The smallest absolute Gasteiger partial charge is 0.310 e. The largest absolute Gasteiger partial charge is 0.465 e. The van der Waals surface area contributed by atoms with E-state index in [2.05, 4.69) is 31.9 Å². The Morgan fingerprint density at radius 3 is 2.66 bits per heavy atom. The zero-order valence-corrected chi connectivity index (χ0v) is 25.7. The Balaban J connectivity index is 1.61. The first-order valence-corrected chi connectivity index (χ1v) is 16.2. The van der Waals surface area contributed by atoms with E-state index in [-0.39, 0.29) is 35.6 Å². The Morgan fingerprint density at radius 1 is 1.24 bits per heavy atom. The highest BCUT2D eigenvalue weighted by Gasteiger charge is 2.74. The van der Waals surface area contributed by atoms with Crippen molar-refractivity contribution in [2.75, 3.05) is 59.2 Å². The molecule has 0 aromatic heterocycles. The quantitative estimate of drug-likeness (QED) is 0.166. The number of aliphatic hydroxyl groups is 1. The predicted octanol–water partition coefficient (Wildman–Crippen LogP) is 2.73. The van der Waals surface area contributed by atoms with E-state index in [1.807, 2.05) is 11.0 Å². The second kappa shape index (κ2) is 14.5. The van der Waals surface area contributed by atoms with Crippen LogP contribution in [0.3, 0.4) is 0 Å². The van der Waals surface area contributed by atoms with Gasteiger partial charge in [-0.3, -0.25) is 19.3 Å². The molecular weight excluding hydrogens is 542 g/mol. The van der Waals surface area contributed by atoms with Gasteiger partial charge in [0.25, 0.3) is 0 Å². The molecule has 0 aromatic rings. The minimum Gasteiger partial charge on any atom is -0.465 e. The van der Waals surface area contributed by atoms with E-state index in [1.54, 1.807) is 22.7 Å². The molecule has 4 fully saturated rings. The van der Waals surface area contributed by atoms with Gasteiger partial charge in [0, 0.05) is 38.0 Å². The number of likely N-dealkylation sites (tertiary alicyclic amines) is 1. The molecular formula is C31H49N3O6S. The number of morpholine rings is 1. The van der Waals surface area contributed by atoms with Crippen molar-refractivity contribution in [2.45, 2.75) is 74.5 Å². The number of fused-ring (bicyclic) bond motifs is 1. The Kier molecular flexibility index (Phi) is 11.4. The number of hydrogen-bond donors (Lipinski definition) is 1. The fraction of sp³-hybridized carbons (Fsp3) is 0.774. The first kappa shape index (κ1) is 32.0. The number of rotatable bonds is 16.